The minimum absolute atomic E-state index is 0.741. The van der Waals surface area contributed by atoms with Crippen LogP contribution in [-0.4, -0.2) is 17.1 Å². The Balaban J connectivity index is 2.33. The van der Waals surface area contributed by atoms with E-state index in [0.717, 1.165) is 49.5 Å². The SMILES string of the molecule is CCCc1nc(Br)cc(Nc2cc(OC)c(Br)cc2Br)n1. The molecule has 0 fully saturated rings. The molecule has 2 rings (SSSR count). The van der Waals surface area contributed by atoms with Crippen molar-refractivity contribution in [1.29, 1.82) is 0 Å². The van der Waals surface area contributed by atoms with Gasteiger partial charge in [-0.15, -0.1) is 0 Å². The fourth-order valence-electron chi connectivity index (χ4n) is 1.78. The summed E-state index contributed by atoms with van der Waals surface area (Å²) in [4.78, 5) is 8.87. The number of anilines is 2. The molecule has 4 nitrogen and oxygen atoms in total. The van der Waals surface area contributed by atoms with Gasteiger partial charge < -0.3 is 10.1 Å². The van der Waals surface area contributed by atoms with Gasteiger partial charge in [0.15, 0.2) is 0 Å². The lowest BCUT2D eigenvalue weighted by atomic mass is 10.3. The van der Waals surface area contributed by atoms with Crippen LogP contribution in [0.4, 0.5) is 11.5 Å². The molecule has 0 amide bonds. The minimum atomic E-state index is 0.741. The van der Waals surface area contributed by atoms with Gasteiger partial charge in [0, 0.05) is 23.0 Å². The van der Waals surface area contributed by atoms with Crippen molar-refractivity contribution in [2.45, 2.75) is 19.8 Å². The van der Waals surface area contributed by atoms with E-state index in [1.165, 1.54) is 0 Å². The number of halogens is 3. The van der Waals surface area contributed by atoms with Gasteiger partial charge in [0.05, 0.1) is 17.3 Å². The lowest BCUT2D eigenvalue weighted by molar-refractivity contribution is 0.412. The molecule has 1 heterocycles. The van der Waals surface area contributed by atoms with Crippen LogP contribution in [0.15, 0.2) is 31.7 Å². The molecule has 0 unspecified atom stereocenters. The van der Waals surface area contributed by atoms with Crippen molar-refractivity contribution >= 4 is 59.3 Å². The van der Waals surface area contributed by atoms with Crippen molar-refractivity contribution in [3.8, 4) is 5.75 Å². The molecule has 0 aliphatic heterocycles. The summed E-state index contributed by atoms with van der Waals surface area (Å²) in [7, 11) is 1.64. The number of hydrogen-bond acceptors (Lipinski definition) is 4. The maximum atomic E-state index is 5.31. The normalized spacial score (nSPS) is 10.5. The monoisotopic (exact) mass is 477 g/mol. The summed E-state index contributed by atoms with van der Waals surface area (Å²) in [5.41, 5.74) is 0.878. The smallest absolute Gasteiger partial charge is 0.135 e. The lowest BCUT2D eigenvalue weighted by Crippen LogP contribution is -2.01. The van der Waals surface area contributed by atoms with E-state index in [1.807, 2.05) is 18.2 Å². The van der Waals surface area contributed by atoms with Crippen LogP contribution in [0.3, 0.4) is 0 Å². The van der Waals surface area contributed by atoms with Crippen LogP contribution >= 0.6 is 47.8 Å². The zero-order valence-corrected chi connectivity index (χ0v) is 16.3. The second-order valence-electron chi connectivity index (χ2n) is 4.33. The fraction of sp³-hybridized carbons (Fsp3) is 0.286. The number of nitrogens with zero attached hydrogens (tertiary/aromatic N) is 2. The van der Waals surface area contributed by atoms with Crippen molar-refractivity contribution in [3.05, 3.63) is 37.6 Å². The molecule has 112 valence electrons. The highest BCUT2D eigenvalue weighted by atomic mass is 79.9. The highest BCUT2D eigenvalue weighted by Gasteiger charge is 2.09. The first-order valence-electron chi connectivity index (χ1n) is 6.37. The standard InChI is InChI=1S/C14H14Br3N3O/c1-3-4-13-19-12(17)7-14(20-13)18-10-6-11(21-2)9(16)5-8(10)15/h5-7H,3-4H2,1-2H3,(H,18,19,20). The quantitative estimate of drug-likeness (QED) is 0.578. The zero-order valence-electron chi connectivity index (χ0n) is 11.6. The number of aryl methyl sites for hydroxylation is 1. The third kappa shape index (κ3) is 4.40. The van der Waals surface area contributed by atoms with E-state index in [2.05, 4.69) is 70.0 Å². The van der Waals surface area contributed by atoms with Crippen molar-refractivity contribution < 1.29 is 4.74 Å². The largest absolute Gasteiger partial charge is 0.495 e. The van der Waals surface area contributed by atoms with Crippen molar-refractivity contribution in [1.82, 2.24) is 9.97 Å². The molecule has 0 aliphatic rings. The van der Waals surface area contributed by atoms with Gasteiger partial charge in [0.1, 0.15) is 22.0 Å². The number of rotatable bonds is 5. The van der Waals surface area contributed by atoms with E-state index in [4.69, 9.17) is 4.74 Å². The average molecular weight is 480 g/mol. The summed E-state index contributed by atoms with van der Waals surface area (Å²) in [5.74, 6) is 2.31. The molecule has 0 radical (unpaired) electrons. The number of hydrogen-bond donors (Lipinski definition) is 1. The van der Waals surface area contributed by atoms with E-state index >= 15 is 0 Å². The average Bonchev–Trinajstić information content (AvgIpc) is 2.41. The van der Waals surface area contributed by atoms with Gasteiger partial charge >= 0.3 is 0 Å². The lowest BCUT2D eigenvalue weighted by Gasteiger charge is -2.12. The van der Waals surface area contributed by atoms with Gasteiger partial charge in [-0.25, -0.2) is 9.97 Å². The molecule has 0 atom stereocenters. The maximum Gasteiger partial charge on any atom is 0.135 e. The molecule has 21 heavy (non-hydrogen) atoms. The van der Waals surface area contributed by atoms with Gasteiger partial charge in [-0.1, -0.05) is 6.92 Å². The maximum absolute atomic E-state index is 5.31. The van der Waals surface area contributed by atoms with Crippen LogP contribution in [0.2, 0.25) is 0 Å². The van der Waals surface area contributed by atoms with Crippen LogP contribution < -0.4 is 10.1 Å². The second-order valence-corrected chi connectivity index (χ2v) is 6.85. The van der Waals surface area contributed by atoms with E-state index in [-0.39, 0.29) is 0 Å². The fourth-order valence-corrected chi connectivity index (χ4v) is 3.46. The molecule has 1 aromatic carbocycles. The predicted molar refractivity (Wildman–Crippen MR) is 95.4 cm³/mol. The third-order valence-electron chi connectivity index (χ3n) is 2.72. The molecule has 0 saturated heterocycles. The van der Waals surface area contributed by atoms with Gasteiger partial charge in [-0.2, -0.15) is 0 Å². The summed E-state index contributed by atoms with van der Waals surface area (Å²) in [6.07, 6.45) is 1.85. The molecule has 0 spiro atoms. The molecule has 1 N–H and O–H groups in total. The first kappa shape index (κ1) is 16.7. The van der Waals surface area contributed by atoms with Crippen LogP contribution in [0.5, 0.6) is 5.75 Å². The molecule has 1 aromatic heterocycles. The Morgan fingerprint density at radius 1 is 1.10 bits per heavy atom. The minimum Gasteiger partial charge on any atom is -0.495 e. The van der Waals surface area contributed by atoms with Crippen LogP contribution in [0.25, 0.3) is 0 Å². The number of aromatic nitrogens is 2. The Labute approximate surface area is 149 Å². The van der Waals surface area contributed by atoms with Crippen LogP contribution in [-0.2, 0) is 6.42 Å². The third-order valence-corrected chi connectivity index (χ3v) is 4.40. The number of methoxy groups -OCH3 is 1. The number of ether oxygens (including phenoxy) is 1. The number of nitrogens with one attached hydrogen (secondary N) is 1. The predicted octanol–water partition coefficient (Wildman–Crippen LogP) is 5.47. The molecule has 0 aliphatic carbocycles. The topological polar surface area (TPSA) is 47.0 Å². The van der Waals surface area contributed by atoms with Crippen molar-refractivity contribution in [3.63, 3.8) is 0 Å². The molecular formula is C14H14Br3N3O. The Morgan fingerprint density at radius 3 is 2.52 bits per heavy atom. The molecule has 2 aromatic rings. The summed E-state index contributed by atoms with van der Waals surface area (Å²) >= 11 is 10.4. The summed E-state index contributed by atoms with van der Waals surface area (Å²) in [6.45, 7) is 2.10. The Morgan fingerprint density at radius 2 is 1.86 bits per heavy atom. The molecular weight excluding hydrogens is 466 g/mol. The van der Waals surface area contributed by atoms with Crippen molar-refractivity contribution in [2.75, 3.05) is 12.4 Å². The zero-order chi connectivity index (χ0) is 15.4. The molecule has 0 bridgehead atoms. The first-order valence-corrected chi connectivity index (χ1v) is 8.75. The Kier molecular flexibility index (Phi) is 6.01. The van der Waals surface area contributed by atoms with Gasteiger partial charge in [-0.3, -0.25) is 0 Å². The van der Waals surface area contributed by atoms with E-state index in [0.29, 0.717) is 0 Å². The highest BCUT2D eigenvalue weighted by Crippen LogP contribution is 2.35. The molecule has 0 saturated carbocycles. The summed E-state index contributed by atoms with van der Waals surface area (Å²) in [6, 6.07) is 5.69. The highest BCUT2D eigenvalue weighted by molar-refractivity contribution is 9.11. The summed E-state index contributed by atoms with van der Waals surface area (Å²) < 4.78 is 7.89. The van der Waals surface area contributed by atoms with Gasteiger partial charge in [-0.05, 0) is 60.3 Å². The number of benzene rings is 1. The second kappa shape index (κ2) is 7.56. The van der Waals surface area contributed by atoms with Gasteiger partial charge in [0.25, 0.3) is 0 Å². The van der Waals surface area contributed by atoms with E-state index < -0.39 is 0 Å². The summed E-state index contributed by atoms with van der Waals surface area (Å²) in [5, 5.41) is 3.28. The van der Waals surface area contributed by atoms with E-state index in [1.54, 1.807) is 7.11 Å². The van der Waals surface area contributed by atoms with E-state index in [9.17, 15) is 0 Å². The Hall–Kier alpha value is -0.660. The van der Waals surface area contributed by atoms with Crippen LogP contribution in [0, 0.1) is 0 Å². The van der Waals surface area contributed by atoms with Crippen molar-refractivity contribution in [2.24, 2.45) is 0 Å². The van der Waals surface area contributed by atoms with Crippen LogP contribution in [0.1, 0.15) is 19.2 Å². The Bertz CT molecular complexity index is 650. The molecule has 7 heteroatoms. The van der Waals surface area contributed by atoms with Gasteiger partial charge in [0.2, 0.25) is 0 Å². The first-order chi connectivity index (χ1) is 10.0.